The average Bonchev–Trinajstić information content (AvgIpc) is 3.40. The highest BCUT2D eigenvalue weighted by Gasteiger charge is 2.32. The first-order valence-corrected chi connectivity index (χ1v) is 14.6. The number of hydrogen-bond acceptors (Lipinski definition) is 5. The second kappa shape index (κ2) is 11.6. The normalized spacial score (nSPS) is 20.2. The largest absolute Gasteiger partial charge is 0.339 e. The SMILES string of the molecule is CC1CN(C(=O)CCN2CCc3sccc3C2c2ccccc2)CCN1C(=O)CSc1ccccc1. The van der Waals surface area contributed by atoms with Gasteiger partial charge in [-0.2, -0.15) is 0 Å². The summed E-state index contributed by atoms with van der Waals surface area (Å²) in [6, 6.07) is 23.2. The molecular weight excluding hydrogens is 486 g/mol. The summed E-state index contributed by atoms with van der Waals surface area (Å²) >= 11 is 3.42. The van der Waals surface area contributed by atoms with Gasteiger partial charge in [-0.1, -0.05) is 48.5 Å². The van der Waals surface area contributed by atoms with Crippen molar-refractivity contribution in [1.29, 1.82) is 0 Å². The molecule has 3 heterocycles. The Bertz CT molecular complexity index is 1170. The Labute approximate surface area is 222 Å². The molecule has 2 aromatic carbocycles. The number of thioether (sulfide) groups is 1. The zero-order valence-corrected chi connectivity index (χ0v) is 22.3. The van der Waals surface area contributed by atoms with Gasteiger partial charge in [0.05, 0.1) is 11.8 Å². The van der Waals surface area contributed by atoms with E-state index in [2.05, 4.69) is 53.6 Å². The molecule has 0 saturated carbocycles. The lowest BCUT2D eigenvalue weighted by Crippen LogP contribution is -2.56. The Kier molecular flexibility index (Phi) is 8.09. The van der Waals surface area contributed by atoms with Crippen LogP contribution in [0.5, 0.6) is 0 Å². The lowest BCUT2D eigenvalue weighted by molar-refractivity contribution is -0.141. The molecule has 0 N–H and O–H groups in total. The third-order valence-electron chi connectivity index (χ3n) is 7.20. The highest BCUT2D eigenvalue weighted by Crippen LogP contribution is 2.37. The van der Waals surface area contributed by atoms with E-state index in [1.807, 2.05) is 51.5 Å². The Balaban J connectivity index is 1.15. The summed E-state index contributed by atoms with van der Waals surface area (Å²) in [4.78, 5) is 35.0. The molecule has 1 saturated heterocycles. The summed E-state index contributed by atoms with van der Waals surface area (Å²) in [6.45, 7) is 5.60. The van der Waals surface area contributed by atoms with E-state index in [0.29, 0.717) is 31.8 Å². The number of hydrogen-bond donors (Lipinski definition) is 0. The monoisotopic (exact) mass is 519 g/mol. The number of fused-ring (bicyclic) bond motifs is 1. The number of piperazine rings is 1. The van der Waals surface area contributed by atoms with Gasteiger partial charge in [0.1, 0.15) is 0 Å². The van der Waals surface area contributed by atoms with Gasteiger partial charge in [-0.3, -0.25) is 14.5 Å². The molecule has 5 rings (SSSR count). The van der Waals surface area contributed by atoms with Gasteiger partial charge in [0.15, 0.2) is 0 Å². The summed E-state index contributed by atoms with van der Waals surface area (Å²) in [5.41, 5.74) is 2.68. The molecule has 188 valence electrons. The van der Waals surface area contributed by atoms with Crippen molar-refractivity contribution in [3.8, 4) is 0 Å². The Morgan fingerprint density at radius 2 is 1.69 bits per heavy atom. The minimum Gasteiger partial charge on any atom is -0.339 e. The third kappa shape index (κ3) is 5.69. The van der Waals surface area contributed by atoms with E-state index in [4.69, 9.17) is 0 Å². The molecule has 0 aliphatic carbocycles. The highest BCUT2D eigenvalue weighted by atomic mass is 32.2. The van der Waals surface area contributed by atoms with Crippen LogP contribution >= 0.6 is 23.1 Å². The highest BCUT2D eigenvalue weighted by molar-refractivity contribution is 8.00. The van der Waals surface area contributed by atoms with E-state index in [1.54, 1.807) is 11.8 Å². The van der Waals surface area contributed by atoms with Crippen LogP contribution < -0.4 is 0 Å². The molecule has 2 aliphatic heterocycles. The number of amides is 2. The van der Waals surface area contributed by atoms with Crippen molar-refractivity contribution < 1.29 is 9.59 Å². The lowest BCUT2D eigenvalue weighted by atomic mass is 9.93. The number of carbonyl (C=O) groups is 2. The van der Waals surface area contributed by atoms with Crippen molar-refractivity contribution in [3.63, 3.8) is 0 Å². The van der Waals surface area contributed by atoms with Crippen LogP contribution in [0, 0.1) is 0 Å². The van der Waals surface area contributed by atoms with E-state index in [9.17, 15) is 9.59 Å². The van der Waals surface area contributed by atoms with Gasteiger partial charge in [-0.05, 0) is 48.1 Å². The molecule has 2 aliphatic rings. The summed E-state index contributed by atoms with van der Waals surface area (Å²) in [5, 5.41) is 2.19. The molecule has 2 unspecified atom stereocenters. The first-order valence-electron chi connectivity index (χ1n) is 12.7. The molecule has 2 amide bonds. The standard InChI is InChI=1S/C29H33N3O2S2/c1-22-20-31(17-18-32(22)28(34)21-36-24-10-6-3-7-11-24)27(33)13-16-30-15-12-26-25(14-19-35-26)29(30)23-8-4-2-5-9-23/h2-11,14,19,22,29H,12-13,15-18,20-21H2,1H3. The number of rotatable bonds is 7. The van der Waals surface area contributed by atoms with Gasteiger partial charge in [0, 0.05) is 55.0 Å². The molecule has 3 aromatic rings. The Hall–Kier alpha value is -2.61. The summed E-state index contributed by atoms with van der Waals surface area (Å²) in [7, 11) is 0. The second-order valence-corrected chi connectivity index (χ2v) is 11.6. The van der Waals surface area contributed by atoms with Crippen LogP contribution in [0.4, 0.5) is 0 Å². The van der Waals surface area contributed by atoms with Crippen LogP contribution in [0.25, 0.3) is 0 Å². The van der Waals surface area contributed by atoms with Crippen molar-refractivity contribution in [2.45, 2.75) is 36.7 Å². The number of benzene rings is 2. The Morgan fingerprint density at radius 1 is 0.944 bits per heavy atom. The maximum Gasteiger partial charge on any atom is 0.233 e. The summed E-state index contributed by atoms with van der Waals surface area (Å²) < 4.78 is 0. The third-order valence-corrected chi connectivity index (χ3v) is 9.19. The van der Waals surface area contributed by atoms with Gasteiger partial charge in [-0.15, -0.1) is 23.1 Å². The van der Waals surface area contributed by atoms with E-state index in [1.165, 1.54) is 16.0 Å². The zero-order chi connectivity index (χ0) is 24.9. The van der Waals surface area contributed by atoms with Crippen molar-refractivity contribution in [2.24, 2.45) is 0 Å². The summed E-state index contributed by atoms with van der Waals surface area (Å²) in [6.07, 6.45) is 1.55. The van der Waals surface area contributed by atoms with Crippen LogP contribution in [0.1, 0.15) is 35.4 Å². The lowest BCUT2D eigenvalue weighted by Gasteiger charge is -2.40. The van der Waals surface area contributed by atoms with Crippen molar-refractivity contribution in [3.05, 3.63) is 88.1 Å². The average molecular weight is 520 g/mol. The predicted molar refractivity (Wildman–Crippen MR) is 147 cm³/mol. The molecule has 0 radical (unpaired) electrons. The fraction of sp³-hybridized carbons (Fsp3) is 0.379. The minimum atomic E-state index is 0.0343. The van der Waals surface area contributed by atoms with Gasteiger partial charge in [-0.25, -0.2) is 0 Å². The van der Waals surface area contributed by atoms with Crippen LogP contribution in [0.3, 0.4) is 0 Å². The predicted octanol–water partition coefficient (Wildman–Crippen LogP) is 4.94. The smallest absolute Gasteiger partial charge is 0.233 e. The maximum absolute atomic E-state index is 13.2. The Morgan fingerprint density at radius 3 is 2.44 bits per heavy atom. The van der Waals surface area contributed by atoms with E-state index < -0.39 is 0 Å². The molecule has 5 nitrogen and oxygen atoms in total. The quantitative estimate of drug-likeness (QED) is 0.415. The van der Waals surface area contributed by atoms with Crippen molar-refractivity contribution >= 4 is 34.9 Å². The zero-order valence-electron chi connectivity index (χ0n) is 20.7. The van der Waals surface area contributed by atoms with Gasteiger partial charge < -0.3 is 9.80 Å². The van der Waals surface area contributed by atoms with Crippen LogP contribution in [0.2, 0.25) is 0 Å². The van der Waals surface area contributed by atoms with Crippen molar-refractivity contribution in [1.82, 2.24) is 14.7 Å². The molecule has 2 atom stereocenters. The second-order valence-electron chi connectivity index (χ2n) is 9.53. The number of thiophene rings is 1. The number of carbonyl (C=O) groups excluding carboxylic acids is 2. The fourth-order valence-corrected chi connectivity index (χ4v) is 7.04. The van der Waals surface area contributed by atoms with E-state index >= 15 is 0 Å². The molecule has 1 fully saturated rings. The molecule has 0 bridgehead atoms. The topological polar surface area (TPSA) is 43.9 Å². The minimum absolute atomic E-state index is 0.0343. The molecular formula is C29H33N3O2S2. The van der Waals surface area contributed by atoms with Crippen LogP contribution in [-0.4, -0.2) is 71.0 Å². The molecule has 1 aromatic heterocycles. The first kappa shape index (κ1) is 25.1. The number of nitrogens with zero attached hydrogens (tertiary/aromatic N) is 3. The van der Waals surface area contributed by atoms with Gasteiger partial charge >= 0.3 is 0 Å². The maximum atomic E-state index is 13.2. The molecule has 7 heteroatoms. The first-order chi connectivity index (χ1) is 17.6. The van der Waals surface area contributed by atoms with E-state index in [-0.39, 0.29) is 23.9 Å². The molecule has 36 heavy (non-hydrogen) atoms. The fourth-order valence-electron chi connectivity index (χ4n) is 5.33. The van der Waals surface area contributed by atoms with E-state index in [0.717, 1.165) is 24.4 Å². The summed E-state index contributed by atoms with van der Waals surface area (Å²) in [5.74, 6) is 0.771. The van der Waals surface area contributed by atoms with Gasteiger partial charge in [0.2, 0.25) is 11.8 Å². The van der Waals surface area contributed by atoms with Crippen LogP contribution in [-0.2, 0) is 16.0 Å². The van der Waals surface area contributed by atoms with Crippen LogP contribution in [0.15, 0.2) is 77.0 Å². The van der Waals surface area contributed by atoms with Crippen molar-refractivity contribution in [2.75, 3.05) is 38.5 Å². The van der Waals surface area contributed by atoms with Gasteiger partial charge in [0.25, 0.3) is 0 Å². The molecule has 0 spiro atoms.